The molecule has 0 aliphatic carbocycles. The van der Waals surface area contributed by atoms with E-state index < -0.39 is 17.6 Å². The van der Waals surface area contributed by atoms with Crippen LogP contribution in [0.2, 0.25) is 0 Å². The van der Waals surface area contributed by atoms with Crippen LogP contribution in [-0.4, -0.2) is 60.0 Å². The van der Waals surface area contributed by atoms with Gasteiger partial charge in [-0.1, -0.05) is 0 Å². The van der Waals surface area contributed by atoms with E-state index in [-0.39, 0.29) is 11.5 Å². The molecule has 0 atom stereocenters. The van der Waals surface area contributed by atoms with Gasteiger partial charge < -0.3 is 30.0 Å². The van der Waals surface area contributed by atoms with Crippen molar-refractivity contribution >= 4 is 17.4 Å². The normalized spacial score (nSPS) is 11.4. The van der Waals surface area contributed by atoms with Crippen molar-refractivity contribution in [1.82, 2.24) is 24.9 Å². The molecule has 0 saturated carbocycles. The van der Waals surface area contributed by atoms with E-state index in [0.29, 0.717) is 76.4 Å². The zero-order chi connectivity index (χ0) is 33.0. The summed E-state index contributed by atoms with van der Waals surface area (Å²) >= 11 is 0. The van der Waals surface area contributed by atoms with Gasteiger partial charge in [0.05, 0.1) is 50.6 Å². The topological polar surface area (TPSA) is 135 Å². The highest BCUT2D eigenvalue weighted by molar-refractivity contribution is 5.94. The van der Waals surface area contributed by atoms with Crippen molar-refractivity contribution in [2.24, 2.45) is 0 Å². The average Bonchev–Trinajstić information content (AvgIpc) is 3.38. The van der Waals surface area contributed by atoms with Crippen LogP contribution in [0.25, 0.3) is 28.2 Å². The number of halogens is 3. The summed E-state index contributed by atoms with van der Waals surface area (Å²) in [5, 5.41) is 7.52. The number of imidazole rings is 1. The Hall–Kier alpha value is -5.53. The molecular weight excluding hydrogens is 605 g/mol. The zero-order valence-electron chi connectivity index (χ0n) is 25.4. The first-order valence-electron chi connectivity index (χ1n) is 14.0. The standard InChI is InChI=1S/C32H31F3N6O5/c1-18-29(21-14-22(32(33,34)35)30(36)38-17-21)41-28(39-18)11-8-23(40-41)19-6-10-25(27(15-19)45-4)46-13-5-12-37-31(42)20-7-9-24(43-2)26(16-20)44-3/h6-11,14-17H,5,12-13H2,1-4H3,(H2,36,38)(H,37,42). The highest BCUT2D eigenvalue weighted by Gasteiger charge is 2.34. The van der Waals surface area contributed by atoms with Crippen molar-refractivity contribution in [2.45, 2.75) is 19.5 Å². The van der Waals surface area contributed by atoms with Crippen LogP contribution in [0.1, 0.15) is 28.0 Å². The summed E-state index contributed by atoms with van der Waals surface area (Å²) in [5.41, 5.74) is 7.58. The molecule has 3 N–H and O–H groups in total. The van der Waals surface area contributed by atoms with Gasteiger partial charge in [0.1, 0.15) is 5.82 Å². The number of hydrogen-bond donors (Lipinski definition) is 2. The number of benzene rings is 2. The van der Waals surface area contributed by atoms with E-state index in [9.17, 15) is 18.0 Å². The van der Waals surface area contributed by atoms with E-state index in [0.717, 1.165) is 6.07 Å². The molecule has 46 heavy (non-hydrogen) atoms. The predicted molar refractivity (Wildman–Crippen MR) is 164 cm³/mol. The van der Waals surface area contributed by atoms with Crippen molar-refractivity contribution < 1.29 is 36.9 Å². The van der Waals surface area contributed by atoms with Gasteiger partial charge in [-0.15, -0.1) is 0 Å². The number of nitrogens with two attached hydrogens (primary N) is 1. The third-order valence-electron chi connectivity index (χ3n) is 7.12. The van der Waals surface area contributed by atoms with E-state index >= 15 is 0 Å². The molecule has 240 valence electrons. The summed E-state index contributed by atoms with van der Waals surface area (Å²) < 4.78 is 64.0. The Kier molecular flexibility index (Phi) is 9.16. The number of hydrogen-bond acceptors (Lipinski definition) is 9. The van der Waals surface area contributed by atoms with Gasteiger partial charge in [0.25, 0.3) is 5.91 Å². The Morgan fingerprint density at radius 3 is 2.35 bits per heavy atom. The van der Waals surface area contributed by atoms with Crippen LogP contribution in [0, 0.1) is 6.92 Å². The molecule has 0 spiro atoms. The number of anilines is 1. The smallest absolute Gasteiger partial charge is 0.419 e. The molecule has 5 aromatic rings. The van der Waals surface area contributed by atoms with Crippen molar-refractivity contribution in [3.63, 3.8) is 0 Å². The third kappa shape index (κ3) is 6.60. The number of rotatable bonds is 11. The molecule has 14 heteroatoms. The summed E-state index contributed by atoms with van der Waals surface area (Å²) in [6, 6.07) is 14.6. The molecule has 0 aliphatic rings. The van der Waals surface area contributed by atoms with Crippen LogP contribution in [-0.2, 0) is 6.18 Å². The van der Waals surface area contributed by atoms with Crippen LogP contribution >= 0.6 is 0 Å². The Balaban J connectivity index is 1.28. The molecule has 0 fully saturated rings. The van der Waals surface area contributed by atoms with Gasteiger partial charge in [-0.2, -0.15) is 18.3 Å². The fourth-order valence-corrected chi connectivity index (χ4v) is 4.84. The number of alkyl halides is 3. The lowest BCUT2D eigenvalue weighted by atomic mass is 10.1. The maximum absolute atomic E-state index is 13.5. The van der Waals surface area contributed by atoms with E-state index in [1.165, 1.54) is 32.0 Å². The first kappa shape index (κ1) is 31.9. The quantitative estimate of drug-likeness (QED) is 0.178. The zero-order valence-corrected chi connectivity index (χ0v) is 25.4. The minimum atomic E-state index is -4.67. The molecule has 0 saturated heterocycles. The molecule has 1 amide bonds. The highest BCUT2D eigenvalue weighted by atomic mass is 19.4. The molecule has 2 aromatic carbocycles. The molecule has 5 rings (SSSR count). The lowest BCUT2D eigenvalue weighted by Gasteiger charge is -2.13. The summed E-state index contributed by atoms with van der Waals surface area (Å²) in [7, 11) is 4.54. The largest absolute Gasteiger partial charge is 0.493 e. The number of ether oxygens (including phenoxy) is 4. The SMILES string of the molecule is COc1ccc(C(=O)NCCCOc2ccc(-c3ccc4nc(C)c(-c5cnc(N)c(C(F)(F)F)c5)n4n3)cc2OC)cc1OC. The fraction of sp³-hybridized carbons (Fsp3) is 0.250. The van der Waals surface area contributed by atoms with Gasteiger partial charge in [0.15, 0.2) is 28.6 Å². The van der Waals surface area contributed by atoms with Crippen molar-refractivity contribution in [2.75, 3.05) is 40.2 Å². The fourth-order valence-electron chi connectivity index (χ4n) is 4.84. The number of aromatic nitrogens is 4. The molecule has 11 nitrogen and oxygen atoms in total. The number of carbonyl (C=O) groups is 1. The maximum atomic E-state index is 13.5. The Bertz CT molecular complexity index is 1890. The molecule has 0 radical (unpaired) electrons. The van der Waals surface area contributed by atoms with Gasteiger partial charge in [-0.3, -0.25) is 4.79 Å². The van der Waals surface area contributed by atoms with Gasteiger partial charge in [0.2, 0.25) is 0 Å². The monoisotopic (exact) mass is 636 g/mol. The van der Waals surface area contributed by atoms with Gasteiger partial charge in [-0.25, -0.2) is 14.5 Å². The summed E-state index contributed by atoms with van der Waals surface area (Å²) in [6.07, 6.45) is -2.87. The number of carbonyl (C=O) groups excluding carboxylic acids is 1. The predicted octanol–water partition coefficient (Wildman–Crippen LogP) is 5.59. The number of methoxy groups -OCH3 is 3. The Labute approximate surface area is 262 Å². The minimum absolute atomic E-state index is 0.178. The lowest BCUT2D eigenvalue weighted by molar-refractivity contribution is -0.137. The summed E-state index contributed by atoms with van der Waals surface area (Å²) in [6.45, 7) is 2.36. The van der Waals surface area contributed by atoms with Crippen LogP contribution < -0.4 is 30.0 Å². The lowest BCUT2D eigenvalue weighted by Crippen LogP contribution is -2.25. The first-order chi connectivity index (χ1) is 22.0. The minimum Gasteiger partial charge on any atom is -0.493 e. The van der Waals surface area contributed by atoms with E-state index in [1.807, 2.05) is 0 Å². The van der Waals surface area contributed by atoms with E-state index in [4.69, 9.17) is 24.7 Å². The maximum Gasteiger partial charge on any atom is 0.419 e. The van der Waals surface area contributed by atoms with Crippen LogP contribution in [0.4, 0.5) is 19.0 Å². The number of pyridine rings is 1. The second kappa shape index (κ2) is 13.2. The molecule has 0 unspecified atom stereocenters. The number of nitrogens with zero attached hydrogens (tertiary/aromatic N) is 4. The van der Waals surface area contributed by atoms with Gasteiger partial charge in [-0.05, 0) is 67.9 Å². The number of aryl methyl sites for hydroxylation is 1. The number of fused-ring (bicyclic) bond motifs is 1. The Morgan fingerprint density at radius 1 is 0.913 bits per heavy atom. The molecule has 3 heterocycles. The van der Waals surface area contributed by atoms with Gasteiger partial charge in [0, 0.05) is 29.4 Å². The van der Waals surface area contributed by atoms with Crippen molar-refractivity contribution in [3.8, 4) is 45.5 Å². The van der Waals surface area contributed by atoms with Crippen molar-refractivity contribution in [1.29, 1.82) is 0 Å². The third-order valence-corrected chi connectivity index (χ3v) is 7.12. The summed E-state index contributed by atoms with van der Waals surface area (Å²) in [4.78, 5) is 20.8. The second-order valence-electron chi connectivity index (χ2n) is 10.1. The summed E-state index contributed by atoms with van der Waals surface area (Å²) in [5.74, 6) is 1.08. The molecule has 0 bridgehead atoms. The van der Waals surface area contributed by atoms with Crippen molar-refractivity contribution in [3.05, 3.63) is 77.6 Å². The van der Waals surface area contributed by atoms with Gasteiger partial charge >= 0.3 is 6.18 Å². The first-order valence-corrected chi connectivity index (χ1v) is 14.0. The number of nitrogen functional groups attached to an aromatic ring is 1. The average molecular weight is 637 g/mol. The van der Waals surface area contributed by atoms with E-state index in [1.54, 1.807) is 55.5 Å². The number of amides is 1. The van der Waals surface area contributed by atoms with Crippen LogP contribution in [0.3, 0.4) is 0 Å². The molecular formula is C32H31F3N6O5. The Morgan fingerprint density at radius 2 is 1.63 bits per heavy atom. The molecule has 3 aromatic heterocycles. The van der Waals surface area contributed by atoms with E-state index in [2.05, 4.69) is 20.4 Å². The van der Waals surface area contributed by atoms with Crippen LogP contribution in [0.5, 0.6) is 23.0 Å². The number of nitrogens with one attached hydrogen (secondary N) is 1. The molecule has 0 aliphatic heterocycles. The van der Waals surface area contributed by atoms with Crippen LogP contribution in [0.15, 0.2) is 60.8 Å². The highest BCUT2D eigenvalue weighted by Crippen LogP contribution is 2.37. The second-order valence-corrected chi connectivity index (χ2v) is 10.1.